The Balaban J connectivity index is 1.98. The molecular formula is C13H21ClN4. The van der Waals surface area contributed by atoms with Gasteiger partial charge in [-0.25, -0.2) is 0 Å². The van der Waals surface area contributed by atoms with Crippen LogP contribution in [-0.4, -0.2) is 40.8 Å². The maximum absolute atomic E-state index is 5.95. The molecule has 0 radical (unpaired) electrons. The molecule has 0 saturated carbocycles. The summed E-state index contributed by atoms with van der Waals surface area (Å²) in [4.78, 5) is 2.49. The third-order valence-electron chi connectivity index (χ3n) is 3.58. The van der Waals surface area contributed by atoms with Gasteiger partial charge in [0.05, 0.1) is 0 Å². The largest absolute Gasteiger partial charge is 0.365 e. The van der Waals surface area contributed by atoms with E-state index < -0.39 is 0 Å². The topological polar surface area (TPSA) is 41.1 Å². The summed E-state index contributed by atoms with van der Waals surface area (Å²) < 4.78 is 0. The molecule has 2 heterocycles. The molecule has 1 aliphatic rings. The fraction of sp³-hybridized carbons (Fsp3) is 0.692. The lowest BCUT2D eigenvalue weighted by Crippen LogP contribution is -2.33. The Kier molecular flexibility index (Phi) is 4.40. The van der Waals surface area contributed by atoms with Gasteiger partial charge in [-0.1, -0.05) is 11.6 Å². The Morgan fingerprint density at radius 1 is 1.22 bits per heavy atom. The number of rotatable bonds is 4. The average molecular weight is 269 g/mol. The van der Waals surface area contributed by atoms with Crippen molar-refractivity contribution in [3.8, 4) is 0 Å². The molecule has 4 nitrogen and oxygen atoms in total. The minimum absolute atomic E-state index is 0.372. The van der Waals surface area contributed by atoms with Crippen molar-refractivity contribution < 1.29 is 0 Å². The van der Waals surface area contributed by atoms with E-state index in [0.29, 0.717) is 11.2 Å². The second-order valence-corrected chi connectivity index (χ2v) is 5.50. The van der Waals surface area contributed by atoms with Gasteiger partial charge in [-0.3, -0.25) is 0 Å². The highest BCUT2D eigenvalue weighted by molar-refractivity contribution is 6.30. The first-order chi connectivity index (χ1) is 8.58. The summed E-state index contributed by atoms with van der Waals surface area (Å²) in [6.45, 7) is 9.68. The molecule has 1 unspecified atom stereocenters. The second kappa shape index (κ2) is 5.85. The number of anilines is 1. The minimum atomic E-state index is 0.372. The van der Waals surface area contributed by atoms with Crippen LogP contribution in [0.5, 0.6) is 0 Å². The third kappa shape index (κ3) is 3.12. The minimum Gasteiger partial charge on any atom is -0.365 e. The van der Waals surface area contributed by atoms with Gasteiger partial charge < -0.3 is 10.2 Å². The van der Waals surface area contributed by atoms with E-state index in [1.165, 1.54) is 25.9 Å². The zero-order chi connectivity index (χ0) is 13.1. The van der Waals surface area contributed by atoms with Crippen LogP contribution >= 0.6 is 11.6 Å². The van der Waals surface area contributed by atoms with Gasteiger partial charge in [0.25, 0.3) is 0 Å². The van der Waals surface area contributed by atoms with E-state index in [-0.39, 0.29) is 0 Å². The van der Waals surface area contributed by atoms with Crippen molar-refractivity contribution >= 4 is 17.4 Å². The van der Waals surface area contributed by atoms with Crippen LogP contribution in [0.3, 0.4) is 0 Å². The normalized spacial score (nSPS) is 18.0. The van der Waals surface area contributed by atoms with Gasteiger partial charge in [-0.15, -0.1) is 10.2 Å². The number of nitrogens with zero attached hydrogens (tertiary/aromatic N) is 3. The molecule has 1 N–H and O–H groups in total. The Hall–Kier alpha value is -0.870. The highest BCUT2D eigenvalue weighted by Gasteiger charge is 2.16. The summed E-state index contributed by atoms with van der Waals surface area (Å²) in [6, 6.07) is 0.372. The summed E-state index contributed by atoms with van der Waals surface area (Å²) >= 11 is 5.95. The summed E-state index contributed by atoms with van der Waals surface area (Å²) in [5, 5.41) is 12.0. The van der Waals surface area contributed by atoms with Crippen LogP contribution in [0.4, 0.5) is 5.82 Å². The Labute approximate surface area is 114 Å². The molecule has 2 rings (SSSR count). The molecule has 0 aromatic carbocycles. The molecule has 1 aromatic rings. The van der Waals surface area contributed by atoms with Gasteiger partial charge in [0, 0.05) is 12.6 Å². The van der Waals surface area contributed by atoms with Gasteiger partial charge in [0.15, 0.2) is 11.0 Å². The molecule has 18 heavy (non-hydrogen) atoms. The maximum Gasteiger partial charge on any atom is 0.155 e. The Morgan fingerprint density at radius 3 is 2.56 bits per heavy atom. The quantitative estimate of drug-likeness (QED) is 0.912. The molecule has 1 aromatic heterocycles. The third-order valence-corrected chi connectivity index (χ3v) is 3.94. The number of aromatic nitrogens is 2. The van der Waals surface area contributed by atoms with E-state index in [0.717, 1.165) is 23.5 Å². The van der Waals surface area contributed by atoms with Crippen LogP contribution in [0.15, 0.2) is 0 Å². The van der Waals surface area contributed by atoms with Crippen molar-refractivity contribution in [2.24, 2.45) is 0 Å². The zero-order valence-corrected chi connectivity index (χ0v) is 12.1. The van der Waals surface area contributed by atoms with Gasteiger partial charge in [-0.05, 0) is 57.8 Å². The standard InChI is InChI=1S/C13H21ClN4/c1-9(8-18-6-4-5-7-18)15-13-11(3)10(2)12(14)16-17-13/h9H,4-8H2,1-3H3,(H,15,17). The van der Waals surface area contributed by atoms with Crippen molar-refractivity contribution in [2.45, 2.75) is 39.7 Å². The highest BCUT2D eigenvalue weighted by Crippen LogP contribution is 2.21. The lowest BCUT2D eigenvalue weighted by Gasteiger charge is -2.22. The predicted molar refractivity (Wildman–Crippen MR) is 75.3 cm³/mol. The zero-order valence-electron chi connectivity index (χ0n) is 11.3. The first kappa shape index (κ1) is 13.6. The predicted octanol–water partition coefficient (Wildman–Crippen LogP) is 2.64. The van der Waals surface area contributed by atoms with E-state index in [1.54, 1.807) is 0 Å². The van der Waals surface area contributed by atoms with Crippen LogP contribution in [0.2, 0.25) is 5.15 Å². The second-order valence-electron chi connectivity index (χ2n) is 5.14. The molecule has 1 fully saturated rings. The molecular weight excluding hydrogens is 248 g/mol. The summed E-state index contributed by atoms with van der Waals surface area (Å²) in [5.41, 5.74) is 2.09. The Bertz CT molecular complexity index is 416. The van der Waals surface area contributed by atoms with E-state index in [1.807, 2.05) is 13.8 Å². The molecule has 0 spiro atoms. The molecule has 0 aliphatic carbocycles. The van der Waals surface area contributed by atoms with Crippen molar-refractivity contribution in [3.63, 3.8) is 0 Å². The van der Waals surface area contributed by atoms with E-state index >= 15 is 0 Å². The van der Waals surface area contributed by atoms with Gasteiger partial charge in [0.2, 0.25) is 0 Å². The van der Waals surface area contributed by atoms with Gasteiger partial charge in [0.1, 0.15) is 0 Å². The molecule has 1 atom stereocenters. The van der Waals surface area contributed by atoms with Crippen LogP contribution in [0.25, 0.3) is 0 Å². The van der Waals surface area contributed by atoms with E-state index in [4.69, 9.17) is 11.6 Å². The molecule has 5 heteroatoms. The van der Waals surface area contributed by atoms with E-state index in [2.05, 4.69) is 27.3 Å². The van der Waals surface area contributed by atoms with E-state index in [9.17, 15) is 0 Å². The lowest BCUT2D eigenvalue weighted by atomic mass is 10.2. The molecule has 1 aliphatic heterocycles. The molecule has 0 amide bonds. The highest BCUT2D eigenvalue weighted by atomic mass is 35.5. The monoisotopic (exact) mass is 268 g/mol. The maximum atomic E-state index is 5.95. The lowest BCUT2D eigenvalue weighted by molar-refractivity contribution is 0.327. The number of hydrogen-bond acceptors (Lipinski definition) is 4. The van der Waals surface area contributed by atoms with Crippen LogP contribution in [0.1, 0.15) is 30.9 Å². The summed E-state index contributed by atoms with van der Waals surface area (Å²) in [7, 11) is 0. The number of nitrogens with one attached hydrogen (secondary N) is 1. The first-order valence-electron chi connectivity index (χ1n) is 6.56. The van der Waals surface area contributed by atoms with Crippen molar-refractivity contribution in [1.29, 1.82) is 0 Å². The SMILES string of the molecule is Cc1c(Cl)nnc(NC(C)CN2CCCC2)c1C. The van der Waals surface area contributed by atoms with Gasteiger partial charge >= 0.3 is 0 Å². The van der Waals surface area contributed by atoms with Crippen molar-refractivity contribution in [3.05, 3.63) is 16.3 Å². The smallest absolute Gasteiger partial charge is 0.155 e. The Morgan fingerprint density at radius 2 is 1.89 bits per heavy atom. The summed E-state index contributed by atoms with van der Waals surface area (Å²) in [6.07, 6.45) is 2.65. The van der Waals surface area contributed by atoms with Crippen molar-refractivity contribution in [1.82, 2.24) is 15.1 Å². The van der Waals surface area contributed by atoms with Gasteiger partial charge in [-0.2, -0.15) is 0 Å². The first-order valence-corrected chi connectivity index (χ1v) is 6.94. The van der Waals surface area contributed by atoms with Crippen molar-refractivity contribution in [2.75, 3.05) is 25.0 Å². The van der Waals surface area contributed by atoms with Crippen LogP contribution in [-0.2, 0) is 0 Å². The number of likely N-dealkylation sites (tertiary alicyclic amines) is 1. The molecule has 1 saturated heterocycles. The molecule has 100 valence electrons. The molecule has 0 bridgehead atoms. The number of hydrogen-bond donors (Lipinski definition) is 1. The summed E-state index contributed by atoms with van der Waals surface area (Å²) in [5.74, 6) is 0.851. The van der Waals surface area contributed by atoms with Crippen LogP contribution < -0.4 is 5.32 Å². The van der Waals surface area contributed by atoms with Crippen LogP contribution in [0, 0.1) is 13.8 Å². The number of halogens is 1. The fourth-order valence-electron chi connectivity index (χ4n) is 2.34. The fourth-order valence-corrected chi connectivity index (χ4v) is 2.52. The average Bonchev–Trinajstić information content (AvgIpc) is 2.83.